The maximum atomic E-state index is 12.3. The standard InChI is InChI=1S/C16H23N3O/c1-4-5-13(9-17)19-16(20)12-6-7-15-14(8-12)10(2)11(3)18-15/h6-8,13,18H,4-5,9,17H2,1-3H3,(H,19,20). The summed E-state index contributed by atoms with van der Waals surface area (Å²) in [5.41, 5.74) is 9.78. The van der Waals surface area contributed by atoms with Crippen LogP contribution in [0, 0.1) is 13.8 Å². The fourth-order valence-corrected chi connectivity index (χ4v) is 2.47. The molecule has 2 aromatic rings. The molecule has 0 aliphatic heterocycles. The number of aromatic amines is 1. The first-order valence-electron chi connectivity index (χ1n) is 7.16. The Labute approximate surface area is 119 Å². The van der Waals surface area contributed by atoms with Gasteiger partial charge in [0.1, 0.15) is 0 Å². The van der Waals surface area contributed by atoms with E-state index in [0.717, 1.165) is 29.4 Å². The zero-order valence-electron chi connectivity index (χ0n) is 12.4. The molecule has 0 fully saturated rings. The van der Waals surface area contributed by atoms with Gasteiger partial charge in [-0.15, -0.1) is 0 Å². The fraction of sp³-hybridized carbons (Fsp3) is 0.438. The van der Waals surface area contributed by atoms with Crippen LogP contribution in [0.25, 0.3) is 10.9 Å². The summed E-state index contributed by atoms with van der Waals surface area (Å²) >= 11 is 0. The summed E-state index contributed by atoms with van der Waals surface area (Å²) in [5, 5.41) is 4.11. The number of benzene rings is 1. The van der Waals surface area contributed by atoms with Crippen molar-refractivity contribution in [2.45, 2.75) is 39.7 Å². The Morgan fingerprint density at radius 1 is 1.40 bits per heavy atom. The summed E-state index contributed by atoms with van der Waals surface area (Å²) in [6.45, 7) is 6.67. The molecule has 4 N–H and O–H groups in total. The predicted octanol–water partition coefficient (Wildman–Crippen LogP) is 2.64. The van der Waals surface area contributed by atoms with E-state index in [1.807, 2.05) is 25.1 Å². The molecule has 2 rings (SSSR count). The third-order valence-corrected chi connectivity index (χ3v) is 3.83. The van der Waals surface area contributed by atoms with E-state index in [4.69, 9.17) is 5.73 Å². The SMILES string of the molecule is CCCC(CN)NC(=O)c1ccc2[nH]c(C)c(C)c2c1. The lowest BCUT2D eigenvalue weighted by atomic mass is 10.1. The number of hydrogen-bond donors (Lipinski definition) is 3. The molecule has 0 radical (unpaired) electrons. The van der Waals surface area contributed by atoms with Gasteiger partial charge in [0.05, 0.1) is 0 Å². The summed E-state index contributed by atoms with van der Waals surface area (Å²) in [4.78, 5) is 15.6. The smallest absolute Gasteiger partial charge is 0.251 e. The van der Waals surface area contributed by atoms with Gasteiger partial charge in [-0.1, -0.05) is 13.3 Å². The van der Waals surface area contributed by atoms with E-state index < -0.39 is 0 Å². The minimum absolute atomic E-state index is 0.0472. The Morgan fingerprint density at radius 3 is 2.80 bits per heavy atom. The van der Waals surface area contributed by atoms with E-state index in [2.05, 4.69) is 24.1 Å². The van der Waals surface area contributed by atoms with E-state index in [9.17, 15) is 4.79 Å². The monoisotopic (exact) mass is 273 g/mol. The molecule has 1 aromatic heterocycles. The molecule has 0 aliphatic carbocycles. The number of amides is 1. The van der Waals surface area contributed by atoms with Crippen molar-refractivity contribution in [1.82, 2.24) is 10.3 Å². The summed E-state index contributed by atoms with van der Waals surface area (Å²) in [7, 11) is 0. The van der Waals surface area contributed by atoms with Crippen molar-refractivity contribution in [2.75, 3.05) is 6.54 Å². The molecule has 4 heteroatoms. The molecule has 20 heavy (non-hydrogen) atoms. The van der Waals surface area contributed by atoms with Gasteiger partial charge < -0.3 is 16.0 Å². The number of carbonyl (C=O) groups is 1. The highest BCUT2D eigenvalue weighted by molar-refractivity contribution is 5.99. The van der Waals surface area contributed by atoms with Crippen LogP contribution in [0.5, 0.6) is 0 Å². The molecule has 1 unspecified atom stereocenters. The van der Waals surface area contributed by atoms with Gasteiger partial charge in [-0.2, -0.15) is 0 Å². The van der Waals surface area contributed by atoms with Crippen LogP contribution in [0.1, 0.15) is 41.4 Å². The van der Waals surface area contributed by atoms with Crippen LogP contribution in [-0.4, -0.2) is 23.5 Å². The first-order chi connectivity index (χ1) is 9.56. The third-order valence-electron chi connectivity index (χ3n) is 3.83. The van der Waals surface area contributed by atoms with Gasteiger partial charge in [-0.3, -0.25) is 4.79 Å². The first kappa shape index (κ1) is 14.6. The van der Waals surface area contributed by atoms with Crippen molar-refractivity contribution in [3.8, 4) is 0 Å². The second-order valence-electron chi connectivity index (χ2n) is 5.33. The summed E-state index contributed by atoms with van der Waals surface area (Å²) in [6.07, 6.45) is 1.92. The lowest BCUT2D eigenvalue weighted by Crippen LogP contribution is -2.40. The second kappa shape index (κ2) is 6.09. The van der Waals surface area contributed by atoms with Crippen molar-refractivity contribution in [3.05, 3.63) is 35.0 Å². The van der Waals surface area contributed by atoms with Crippen LogP contribution < -0.4 is 11.1 Å². The highest BCUT2D eigenvalue weighted by Gasteiger charge is 2.13. The Morgan fingerprint density at radius 2 is 2.15 bits per heavy atom. The van der Waals surface area contributed by atoms with Gasteiger partial charge >= 0.3 is 0 Å². The zero-order valence-corrected chi connectivity index (χ0v) is 12.4. The van der Waals surface area contributed by atoms with E-state index in [-0.39, 0.29) is 11.9 Å². The van der Waals surface area contributed by atoms with Crippen LogP contribution in [0.2, 0.25) is 0 Å². The molecule has 0 saturated heterocycles. The van der Waals surface area contributed by atoms with Crippen LogP contribution in [0.4, 0.5) is 0 Å². The molecule has 0 bridgehead atoms. The van der Waals surface area contributed by atoms with Crippen LogP contribution in [0.15, 0.2) is 18.2 Å². The summed E-state index contributed by atoms with van der Waals surface area (Å²) in [6, 6.07) is 5.81. The minimum Gasteiger partial charge on any atom is -0.358 e. The third kappa shape index (κ3) is 2.85. The van der Waals surface area contributed by atoms with Crippen molar-refractivity contribution in [1.29, 1.82) is 0 Å². The molecule has 1 heterocycles. The maximum Gasteiger partial charge on any atom is 0.251 e. The largest absolute Gasteiger partial charge is 0.358 e. The number of fused-ring (bicyclic) bond motifs is 1. The van der Waals surface area contributed by atoms with Crippen LogP contribution in [-0.2, 0) is 0 Å². The quantitative estimate of drug-likeness (QED) is 0.783. The predicted molar refractivity (Wildman–Crippen MR) is 83.0 cm³/mol. The summed E-state index contributed by atoms with van der Waals surface area (Å²) in [5.74, 6) is -0.0472. The number of hydrogen-bond acceptors (Lipinski definition) is 2. The molecule has 1 atom stereocenters. The average Bonchev–Trinajstić information content (AvgIpc) is 2.73. The summed E-state index contributed by atoms with van der Waals surface area (Å²) < 4.78 is 0. The molecule has 0 aliphatic rings. The highest BCUT2D eigenvalue weighted by Crippen LogP contribution is 2.22. The van der Waals surface area contributed by atoms with E-state index >= 15 is 0 Å². The van der Waals surface area contributed by atoms with Gasteiger partial charge in [0, 0.05) is 34.7 Å². The van der Waals surface area contributed by atoms with Crippen molar-refractivity contribution in [2.24, 2.45) is 5.73 Å². The number of rotatable bonds is 5. The van der Waals surface area contributed by atoms with E-state index in [1.54, 1.807) is 0 Å². The number of carbonyl (C=O) groups excluding carboxylic acids is 1. The average molecular weight is 273 g/mol. The normalized spacial score (nSPS) is 12.6. The van der Waals surface area contributed by atoms with Gasteiger partial charge in [-0.05, 0) is 44.0 Å². The Bertz CT molecular complexity index is 615. The van der Waals surface area contributed by atoms with E-state index in [1.165, 1.54) is 5.56 Å². The van der Waals surface area contributed by atoms with Gasteiger partial charge in [-0.25, -0.2) is 0 Å². The molecular formula is C16H23N3O. The molecule has 108 valence electrons. The van der Waals surface area contributed by atoms with Gasteiger partial charge in [0.25, 0.3) is 5.91 Å². The number of nitrogens with one attached hydrogen (secondary N) is 2. The number of nitrogens with two attached hydrogens (primary N) is 1. The van der Waals surface area contributed by atoms with Gasteiger partial charge in [0.2, 0.25) is 0 Å². The lowest BCUT2D eigenvalue weighted by Gasteiger charge is -2.15. The van der Waals surface area contributed by atoms with Crippen molar-refractivity contribution < 1.29 is 4.79 Å². The topological polar surface area (TPSA) is 70.9 Å². The van der Waals surface area contributed by atoms with E-state index in [0.29, 0.717) is 12.1 Å². The van der Waals surface area contributed by atoms with Crippen LogP contribution >= 0.6 is 0 Å². The molecular weight excluding hydrogens is 250 g/mol. The molecule has 1 amide bonds. The highest BCUT2D eigenvalue weighted by atomic mass is 16.1. The zero-order chi connectivity index (χ0) is 14.7. The molecule has 1 aromatic carbocycles. The molecule has 0 spiro atoms. The minimum atomic E-state index is -0.0472. The number of aryl methyl sites for hydroxylation is 2. The molecule has 0 saturated carbocycles. The number of aromatic nitrogens is 1. The fourth-order valence-electron chi connectivity index (χ4n) is 2.47. The molecule has 4 nitrogen and oxygen atoms in total. The van der Waals surface area contributed by atoms with Gasteiger partial charge in [0.15, 0.2) is 0 Å². The number of H-pyrrole nitrogens is 1. The second-order valence-corrected chi connectivity index (χ2v) is 5.33. The Kier molecular flexibility index (Phi) is 4.45. The Balaban J connectivity index is 2.24. The van der Waals surface area contributed by atoms with Crippen LogP contribution in [0.3, 0.4) is 0 Å². The first-order valence-corrected chi connectivity index (χ1v) is 7.16. The van der Waals surface area contributed by atoms with Crippen molar-refractivity contribution in [3.63, 3.8) is 0 Å². The van der Waals surface area contributed by atoms with Crippen molar-refractivity contribution >= 4 is 16.8 Å². The lowest BCUT2D eigenvalue weighted by molar-refractivity contribution is 0.0936. The Hall–Kier alpha value is -1.81. The maximum absolute atomic E-state index is 12.3.